The van der Waals surface area contributed by atoms with Gasteiger partial charge in [0.05, 0.1) is 31.8 Å². The van der Waals surface area contributed by atoms with Crippen LogP contribution in [0.1, 0.15) is 18.4 Å². The molecule has 0 spiro atoms. The number of ether oxygens (including phenoxy) is 2. The Kier molecular flexibility index (Phi) is 11.3. The van der Waals surface area contributed by atoms with Gasteiger partial charge in [-0.25, -0.2) is 4.79 Å². The number of hydrogen-bond acceptors (Lipinski definition) is 8. The molecule has 0 aliphatic rings. The lowest BCUT2D eigenvalue weighted by molar-refractivity contribution is -0.170. The van der Waals surface area contributed by atoms with Crippen molar-refractivity contribution in [2.45, 2.75) is 25.0 Å². The predicted molar refractivity (Wildman–Crippen MR) is 136 cm³/mol. The van der Waals surface area contributed by atoms with Gasteiger partial charge in [0.2, 0.25) is 0 Å². The van der Waals surface area contributed by atoms with E-state index in [1.807, 2.05) is 54.7 Å². The molecule has 38 heavy (non-hydrogen) atoms. The first kappa shape index (κ1) is 29.8. The van der Waals surface area contributed by atoms with Crippen LogP contribution in [0.4, 0.5) is 0 Å². The Morgan fingerprint density at radius 1 is 0.974 bits per heavy atom. The SMILES string of the molecule is COc1cccc(-c2[nH]ncc2CN(C)CCOc2ccccc2)c1.O=C(O)CC(O)(CC(=O)O)C(=O)O. The quantitative estimate of drug-likeness (QED) is 0.219. The number of aromatic amines is 1. The lowest BCUT2D eigenvalue weighted by Crippen LogP contribution is -2.42. The van der Waals surface area contributed by atoms with Gasteiger partial charge in [0.15, 0.2) is 5.60 Å². The van der Waals surface area contributed by atoms with Gasteiger partial charge < -0.3 is 29.9 Å². The Morgan fingerprint density at radius 3 is 2.18 bits per heavy atom. The molecular weight excluding hydrogens is 498 g/mol. The van der Waals surface area contributed by atoms with Crippen molar-refractivity contribution in [1.82, 2.24) is 15.1 Å². The van der Waals surface area contributed by atoms with Crippen LogP contribution in [0.2, 0.25) is 0 Å². The average molecular weight is 530 g/mol. The number of aliphatic hydroxyl groups is 1. The Hall–Kier alpha value is -4.42. The average Bonchev–Trinajstić information content (AvgIpc) is 3.32. The van der Waals surface area contributed by atoms with Crippen LogP contribution in [0.3, 0.4) is 0 Å². The number of nitrogens with zero attached hydrogens (tertiary/aromatic N) is 2. The molecule has 0 saturated carbocycles. The highest BCUT2D eigenvalue weighted by Crippen LogP contribution is 2.25. The summed E-state index contributed by atoms with van der Waals surface area (Å²) in [4.78, 5) is 32.7. The van der Waals surface area contributed by atoms with Crippen LogP contribution in [-0.4, -0.2) is 86.3 Å². The van der Waals surface area contributed by atoms with Gasteiger partial charge in [-0.2, -0.15) is 5.10 Å². The highest BCUT2D eigenvalue weighted by Gasteiger charge is 2.40. The number of para-hydroxylation sites is 1. The van der Waals surface area contributed by atoms with Crippen molar-refractivity contribution in [3.05, 3.63) is 66.4 Å². The van der Waals surface area contributed by atoms with Crippen LogP contribution in [0.5, 0.6) is 11.5 Å². The molecule has 1 aromatic heterocycles. The number of methoxy groups -OCH3 is 1. The zero-order chi connectivity index (χ0) is 28.1. The minimum absolute atomic E-state index is 0.646. The molecule has 0 bridgehead atoms. The third-order valence-corrected chi connectivity index (χ3v) is 5.29. The first-order chi connectivity index (χ1) is 18.0. The van der Waals surface area contributed by atoms with E-state index in [1.54, 1.807) is 7.11 Å². The summed E-state index contributed by atoms with van der Waals surface area (Å²) in [7, 11) is 3.75. The fourth-order valence-electron chi connectivity index (χ4n) is 3.38. The van der Waals surface area contributed by atoms with Gasteiger partial charge in [-0.05, 0) is 31.3 Å². The molecule has 0 aliphatic heterocycles. The number of aromatic nitrogens is 2. The molecule has 1 heterocycles. The molecule has 0 amide bonds. The Labute approximate surface area is 219 Å². The zero-order valence-corrected chi connectivity index (χ0v) is 21.0. The van der Waals surface area contributed by atoms with Gasteiger partial charge in [-0.3, -0.25) is 19.6 Å². The van der Waals surface area contributed by atoms with Gasteiger partial charge in [0.1, 0.15) is 18.1 Å². The lowest BCUT2D eigenvalue weighted by atomic mass is 9.96. The zero-order valence-electron chi connectivity index (χ0n) is 21.0. The molecule has 0 saturated heterocycles. The standard InChI is InChI=1S/C20H23N3O2.C6H8O7/c1-23(11-12-25-18-8-4-3-5-9-18)15-17-14-21-22-20(17)16-7-6-10-19(13-16)24-2;7-3(8)1-6(13,5(11)12)2-4(9)10/h3-10,13-14H,11-12,15H2,1-2H3,(H,21,22);13H,1-2H2,(H,7,8)(H,9,10)(H,11,12). The summed E-state index contributed by atoms with van der Waals surface area (Å²) in [5, 5.41) is 41.1. The van der Waals surface area contributed by atoms with E-state index in [1.165, 1.54) is 0 Å². The second kappa shape index (κ2) is 14.4. The summed E-state index contributed by atoms with van der Waals surface area (Å²) in [5.41, 5.74) is 0.503. The van der Waals surface area contributed by atoms with Gasteiger partial charge in [0.25, 0.3) is 0 Å². The monoisotopic (exact) mass is 529 g/mol. The van der Waals surface area contributed by atoms with E-state index < -0.39 is 36.4 Å². The number of nitrogens with one attached hydrogen (secondary N) is 1. The minimum atomic E-state index is -2.74. The molecule has 5 N–H and O–H groups in total. The lowest BCUT2D eigenvalue weighted by Gasteiger charge is -2.18. The number of benzene rings is 2. The summed E-state index contributed by atoms with van der Waals surface area (Å²) in [6.07, 6.45) is -0.410. The molecule has 0 unspecified atom stereocenters. The normalized spacial score (nSPS) is 10.8. The topological polar surface area (TPSA) is 183 Å². The fourth-order valence-corrected chi connectivity index (χ4v) is 3.38. The molecule has 0 radical (unpaired) electrons. The van der Waals surface area contributed by atoms with Crippen LogP contribution < -0.4 is 9.47 Å². The van der Waals surface area contributed by atoms with E-state index in [2.05, 4.69) is 28.2 Å². The second-order valence-corrected chi connectivity index (χ2v) is 8.38. The summed E-state index contributed by atoms with van der Waals surface area (Å²) in [6, 6.07) is 17.9. The van der Waals surface area contributed by atoms with Gasteiger partial charge in [0, 0.05) is 24.2 Å². The van der Waals surface area contributed by atoms with E-state index in [0.29, 0.717) is 6.61 Å². The van der Waals surface area contributed by atoms with Gasteiger partial charge in [-0.1, -0.05) is 30.3 Å². The van der Waals surface area contributed by atoms with E-state index in [-0.39, 0.29) is 0 Å². The number of hydrogen-bond donors (Lipinski definition) is 5. The number of H-pyrrole nitrogens is 1. The van der Waals surface area contributed by atoms with E-state index in [9.17, 15) is 14.4 Å². The van der Waals surface area contributed by atoms with E-state index in [4.69, 9.17) is 29.9 Å². The van der Waals surface area contributed by atoms with Crippen LogP contribution in [0.25, 0.3) is 11.3 Å². The number of carboxylic acid groups (broad SMARTS) is 3. The number of carbonyl (C=O) groups is 3. The predicted octanol–water partition coefficient (Wildman–Crippen LogP) is 2.35. The molecule has 0 aliphatic carbocycles. The maximum Gasteiger partial charge on any atom is 0.336 e. The molecular formula is C26H31N3O9. The third-order valence-electron chi connectivity index (χ3n) is 5.29. The van der Waals surface area contributed by atoms with Gasteiger partial charge >= 0.3 is 17.9 Å². The number of carboxylic acids is 3. The van der Waals surface area contributed by atoms with E-state index in [0.717, 1.165) is 41.4 Å². The van der Waals surface area contributed by atoms with Crippen molar-refractivity contribution in [2.24, 2.45) is 0 Å². The van der Waals surface area contributed by atoms with Crippen molar-refractivity contribution in [3.63, 3.8) is 0 Å². The Balaban J connectivity index is 0.000000332. The number of aliphatic carboxylic acids is 3. The number of rotatable bonds is 13. The largest absolute Gasteiger partial charge is 0.497 e. The van der Waals surface area contributed by atoms with Crippen molar-refractivity contribution < 1.29 is 44.3 Å². The molecule has 204 valence electrons. The molecule has 12 nitrogen and oxygen atoms in total. The summed E-state index contributed by atoms with van der Waals surface area (Å²) in [6.45, 7) is 2.27. The Morgan fingerprint density at radius 2 is 1.61 bits per heavy atom. The molecule has 12 heteroatoms. The highest BCUT2D eigenvalue weighted by atomic mass is 16.5. The maximum absolute atomic E-state index is 10.3. The molecule has 3 rings (SSSR count). The molecule has 3 aromatic rings. The fraction of sp³-hybridized carbons (Fsp3) is 0.308. The summed E-state index contributed by atoms with van der Waals surface area (Å²) < 4.78 is 11.1. The van der Waals surface area contributed by atoms with Crippen molar-refractivity contribution >= 4 is 17.9 Å². The molecule has 0 fully saturated rings. The summed E-state index contributed by atoms with van der Waals surface area (Å²) in [5.74, 6) is -3.28. The third kappa shape index (κ3) is 9.56. The van der Waals surface area contributed by atoms with E-state index >= 15 is 0 Å². The first-order valence-corrected chi connectivity index (χ1v) is 11.5. The second-order valence-electron chi connectivity index (χ2n) is 8.38. The Bertz CT molecular complexity index is 1180. The van der Waals surface area contributed by atoms with Gasteiger partial charge in [-0.15, -0.1) is 0 Å². The maximum atomic E-state index is 10.3. The number of likely N-dealkylation sites (N-methyl/N-ethyl adjacent to an activating group) is 1. The molecule has 0 atom stereocenters. The smallest absolute Gasteiger partial charge is 0.336 e. The van der Waals surface area contributed by atoms with Crippen LogP contribution in [-0.2, 0) is 20.9 Å². The molecule has 2 aromatic carbocycles. The minimum Gasteiger partial charge on any atom is -0.497 e. The van der Waals surface area contributed by atoms with Crippen molar-refractivity contribution in [3.8, 4) is 22.8 Å². The summed E-state index contributed by atoms with van der Waals surface area (Å²) >= 11 is 0. The van der Waals surface area contributed by atoms with Crippen molar-refractivity contribution in [2.75, 3.05) is 27.3 Å². The van der Waals surface area contributed by atoms with Crippen LogP contribution >= 0.6 is 0 Å². The first-order valence-electron chi connectivity index (χ1n) is 11.5. The van der Waals surface area contributed by atoms with Crippen molar-refractivity contribution in [1.29, 1.82) is 0 Å². The van der Waals surface area contributed by atoms with Crippen LogP contribution in [0.15, 0.2) is 60.8 Å². The highest BCUT2D eigenvalue weighted by molar-refractivity contribution is 5.88. The van der Waals surface area contributed by atoms with Crippen LogP contribution in [0, 0.1) is 0 Å².